The van der Waals surface area contributed by atoms with Gasteiger partial charge in [-0.15, -0.1) is 0 Å². The maximum atomic E-state index is 5.50. The van der Waals surface area contributed by atoms with E-state index < -0.39 is 0 Å². The Kier molecular flexibility index (Phi) is 4.65. The molecule has 0 aromatic rings. The lowest BCUT2D eigenvalue weighted by Crippen LogP contribution is -2.32. The van der Waals surface area contributed by atoms with Crippen LogP contribution in [0.15, 0.2) is 0 Å². The van der Waals surface area contributed by atoms with Gasteiger partial charge in [0.2, 0.25) is 0 Å². The van der Waals surface area contributed by atoms with Crippen molar-refractivity contribution < 1.29 is 4.74 Å². The molecule has 0 fully saturated rings. The highest BCUT2D eigenvalue weighted by Crippen LogP contribution is 2.15. The molecule has 2 atom stereocenters. The quantitative estimate of drug-likeness (QED) is 0.646. The van der Waals surface area contributed by atoms with Crippen LogP contribution in [0.2, 0.25) is 0 Å². The molecule has 0 aromatic heterocycles. The minimum atomic E-state index is 0.222. The van der Waals surface area contributed by atoms with Crippen LogP contribution >= 0.6 is 0 Å². The number of hydrogen-bond donors (Lipinski definition) is 1. The number of methoxy groups -OCH3 is 1. The number of rotatable bonds is 4. The standard InChI is InChI=1S/C8H19NO/c1-6(2)7(3)8(5-9)10-4/h6-8H,5,9H2,1-4H3. The molecule has 62 valence electrons. The van der Waals surface area contributed by atoms with Crippen LogP contribution < -0.4 is 5.73 Å². The largest absolute Gasteiger partial charge is 0.380 e. The van der Waals surface area contributed by atoms with E-state index in [1.54, 1.807) is 7.11 Å². The van der Waals surface area contributed by atoms with Gasteiger partial charge in [0, 0.05) is 13.7 Å². The average Bonchev–Trinajstić information content (AvgIpc) is 1.90. The summed E-state index contributed by atoms with van der Waals surface area (Å²) in [7, 11) is 1.72. The van der Waals surface area contributed by atoms with E-state index in [9.17, 15) is 0 Å². The number of hydrogen-bond acceptors (Lipinski definition) is 2. The third-order valence-electron chi connectivity index (χ3n) is 2.17. The highest BCUT2D eigenvalue weighted by Gasteiger charge is 2.17. The molecule has 0 aromatic carbocycles. The molecule has 0 saturated heterocycles. The Labute approximate surface area is 63.7 Å². The molecule has 0 spiro atoms. The molecule has 0 amide bonds. The highest BCUT2D eigenvalue weighted by molar-refractivity contribution is 4.69. The summed E-state index contributed by atoms with van der Waals surface area (Å²) >= 11 is 0. The predicted molar refractivity (Wildman–Crippen MR) is 43.9 cm³/mol. The lowest BCUT2D eigenvalue weighted by molar-refractivity contribution is 0.0478. The smallest absolute Gasteiger partial charge is 0.0721 e. The first-order valence-electron chi connectivity index (χ1n) is 3.86. The second-order valence-corrected chi connectivity index (χ2v) is 3.11. The lowest BCUT2D eigenvalue weighted by Gasteiger charge is -2.23. The van der Waals surface area contributed by atoms with Gasteiger partial charge in [-0.3, -0.25) is 0 Å². The minimum absolute atomic E-state index is 0.222. The normalized spacial score (nSPS) is 17.4. The van der Waals surface area contributed by atoms with E-state index in [4.69, 9.17) is 10.5 Å². The van der Waals surface area contributed by atoms with Gasteiger partial charge in [0.05, 0.1) is 6.10 Å². The van der Waals surface area contributed by atoms with E-state index >= 15 is 0 Å². The number of nitrogens with two attached hydrogens (primary N) is 1. The Morgan fingerprint density at radius 1 is 1.30 bits per heavy atom. The monoisotopic (exact) mass is 145 g/mol. The summed E-state index contributed by atoms with van der Waals surface area (Å²) in [4.78, 5) is 0. The van der Waals surface area contributed by atoms with Crippen LogP contribution in [-0.4, -0.2) is 19.8 Å². The van der Waals surface area contributed by atoms with Gasteiger partial charge in [0.25, 0.3) is 0 Å². The van der Waals surface area contributed by atoms with Crippen molar-refractivity contribution in [3.05, 3.63) is 0 Å². The number of ether oxygens (including phenoxy) is 1. The van der Waals surface area contributed by atoms with Gasteiger partial charge >= 0.3 is 0 Å². The Balaban J connectivity index is 3.76. The maximum Gasteiger partial charge on any atom is 0.0721 e. The van der Waals surface area contributed by atoms with Crippen LogP contribution in [0, 0.1) is 11.8 Å². The van der Waals surface area contributed by atoms with Gasteiger partial charge in [0.1, 0.15) is 0 Å². The van der Waals surface area contributed by atoms with Crippen molar-refractivity contribution in [2.24, 2.45) is 17.6 Å². The highest BCUT2D eigenvalue weighted by atomic mass is 16.5. The average molecular weight is 145 g/mol. The molecule has 2 unspecified atom stereocenters. The third kappa shape index (κ3) is 2.67. The summed E-state index contributed by atoms with van der Waals surface area (Å²) in [6, 6.07) is 0. The van der Waals surface area contributed by atoms with Crippen LogP contribution in [0.25, 0.3) is 0 Å². The minimum Gasteiger partial charge on any atom is -0.380 e. The zero-order valence-electron chi connectivity index (χ0n) is 7.42. The summed E-state index contributed by atoms with van der Waals surface area (Å²) in [5.74, 6) is 1.20. The first-order valence-corrected chi connectivity index (χ1v) is 3.86. The van der Waals surface area contributed by atoms with Crippen molar-refractivity contribution in [2.45, 2.75) is 26.9 Å². The van der Waals surface area contributed by atoms with Gasteiger partial charge < -0.3 is 10.5 Å². The van der Waals surface area contributed by atoms with Crippen LogP contribution in [0.3, 0.4) is 0 Å². The van der Waals surface area contributed by atoms with Crippen molar-refractivity contribution >= 4 is 0 Å². The van der Waals surface area contributed by atoms with Gasteiger partial charge in [-0.2, -0.15) is 0 Å². The van der Waals surface area contributed by atoms with Crippen LogP contribution in [-0.2, 0) is 4.74 Å². The molecule has 0 bridgehead atoms. The van der Waals surface area contributed by atoms with E-state index in [-0.39, 0.29) is 6.10 Å². The van der Waals surface area contributed by atoms with Crippen LogP contribution in [0.1, 0.15) is 20.8 Å². The zero-order chi connectivity index (χ0) is 8.15. The molecule has 0 aliphatic carbocycles. The fourth-order valence-corrected chi connectivity index (χ4v) is 0.955. The van der Waals surface area contributed by atoms with E-state index in [0.717, 1.165) is 0 Å². The summed E-state index contributed by atoms with van der Waals surface area (Å²) < 4.78 is 5.20. The van der Waals surface area contributed by atoms with Crippen molar-refractivity contribution in [3.63, 3.8) is 0 Å². The lowest BCUT2D eigenvalue weighted by atomic mass is 9.92. The summed E-state index contributed by atoms with van der Waals surface area (Å²) in [6.07, 6.45) is 0.222. The molecule has 2 N–H and O–H groups in total. The van der Waals surface area contributed by atoms with Crippen LogP contribution in [0.4, 0.5) is 0 Å². The summed E-state index contributed by atoms with van der Waals surface area (Å²) in [5, 5.41) is 0. The second-order valence-electron chi connectivity index (χ2n) is 3.11. The topological polar surface area (TPSA) is 35.2 Å². The van der Waals surface area contributed by atoms with Crippen molar-refractivity contribution in [3.8, 4) is 0 Å². The fourth-order valence-electron chi connectivity index (χ4n) is 0.955. The zero-order valence-corrected chi connectivity index (χ0v) is 7.42. The Morgan fingerprint density at radius 3 is 1.90 bits per heavy atom. The van der Waals surface area contributed by atoms with Gasteiger partial charge in [-0.1, -0.05) is 20.8 Å². The van der Waals surface area contributed by atoms with Crippen LogP contribution in [0.5, 0.6) is 0 Å². The molecule has 0 heterocycles. The molecule has 0 radical (unpaired) electrons. The first kappa shape index (κ1) is 9.92. The van der Waals surface area contributed by atoms with Gasteiger partial charge in [0.15, 0.2) is 0 Å². The molecule has 0 aliphatic rings. The molecule has 0 aliphatic heterocycles. The molecular formula is C8H19NO. The third-order valence-corrected chi connectivity index (χ3v) is 2.17. The van der Waals surface area contributed by atoms with Crippen molar-refractivity contribution in [2.75, 3.05) is 13.7 Å². The van der Waals surface area contributed by atoms with E-state index in [0.29, 0.717) is 18.4 Å². The SMILES string of the molecule is COC(CN)C(C)C(C)C. The molecule has 0 rings (SSSR count). The molecule has 2 heteroatoms. The molecule has 0 saturated carbocycles. The van der Waals surface area contributed by atoms with E-state index in [1.165, 1.54) is 0 Å². The predicted octanol–water partition coefficient (Wildman–Crippen LogP) is 1.25. The van der Waals surface area contributed by atoms with Crippen molar-refractivity contribution in [1.82, 2.24) is 0 Å². The fraction of sp³-hybridized carbons (Fsp3) is 1.00. The molecule has 2 nitrogen and oxygen atoms in total. The molecule has 10 heavy (non-hydrogen) atoms. The summed E-state index contributed by atoms with van der Waals surface area (Å²) in [6.45, 7) is 7.17. The summed E-state index contributed by atoms with van der Waals surface area (Å²) in [5.41, 5.74) is 5.50. The van der Waals surface area contributed by atoms with E-state index in [2.05, 4.69) is 20.8 Å². The maximum absolute atomic E-state index is 5.50. The Hall–Kier alpha value is -0.0800. The van der Waals surface area contributed by atoms with E-state index in [1.807, 2.05) is 0 Å². The van der Waals surface area contributed by atoms with Gasteiger partial charge in [-0.05, 0) is 11.8 Å². The molecular weight excluding hydrogens is 126 g/mol. The Bertz CT molecular complexity index is 79.3. The second kappa shape index (κ2) is 4.69. The van der Waals surface area contributed by atoms with Crippen molar-refractivity contribution in [1.29, 1.82) is 0 Å². The van der Waals surface area contributed by atoms with Gasteiger partial charge in [-0.25, -0.2) is 0 Å². The first-order chi connectivity index (χ1) is 4.63. The Morgan fingerprint density at radius 2 is 1.80 bits per heavy atom.